The lowest BCUT2D eigenvalue weighted by Crippen LogP contribution is -2.12. The number of carbonyl (C=O) groups excluding carboxylic acids is 1. The molecule has 2 heterocycles. The van der Waals surface area contributed by atoms with Gasteiger partial charge in [0.2, 0.25) is 5.89 Å². The first-order valence-corrected chi connectivity index (χ1v) is 9.72. The average Bonchev–Trinajstić information content (AvgIpc) is 3.32. The van der Waals surface area contributed by atoms with Crippen molar-refractivity contribution in [2.75, 3.05) is 5.32 Å². The van der Waals surface area contributed by atoms with E-state index >= 15 is 0 Å². The highest BCUT2D eigenvalue weighted by Gasteiger charge is 2.17. The van der Waals surface area contributed by atoms with Crippen LogP contribution in [0.4, 0.5) is 14.5 Å². The molecule has 0 unspecified atom stereocenters. The number of para-hydroxylation sites is 1. The minimum atomic E-state index is -0.868. The molecule has 1 amide bonds. The minimum absolute atomic E-state index is 0.130. The van der Waals surface area contributed by atoms with Gasteiger partial charge < -0.3 is 9.73 Å². The number of aryl methyl sites for hydroxylation is 1. The zero-order valence-electron chi connectivity index (χ0n) is 15.3. The molecule has 152 valence electrons. The van der Waals surface area contributed by atoms with Crippen LogP contribution in [0.2, 0.25) is 5.02 Å². The largest absolute Gasteiger partial charge is 0.437 e. The monoisotopic (exact) mass is 447 g/mol. The van der Waals surface area contributed by atoms with E-state index in [0.717, 1.165) is 28.2 Å². The Morgan fingerprint density at radius 2 is 1.90 bits per heavy atom. The molecule has 0 bridgehead atoms. The van der Waals surface area contributed by atoms with Crippen LogP contribution in [0.5, 0.6) is 0 Å². The Kier molecular flexibility index (Phi) is 5.23. The maximum Gasteiger partial charge on any atom is 0.437 e. The zero-order valence-corrected chi connectivity index (χ0v) is 16.9. The highest BCUT2D eigenvalue weighted by molar-refractivity contribution is 7.17. The first-order chi connectivity index (χ1) is 14.3. The molecule has 0 radical (unpaired) electrons. The SMILES string of the molecule is Cn1nc(-c2ccc(Cl)c(-c3ccc(C(=O)Nc4c(F)cccc4F)s3)c2)oc1=O. The topological polar surface area (TPSA) is 77.1 Å². The molecule has 6 nitrogen and oxygen atoms in total. The van der Waals surface area contributed by atoms with Crippen LogP contribution in [0.1, 0.15) is 9.67 Å². The summed E-state index contributed by atoms with van der Waals surface area (Å²) in [5.74, 6) is -2.86. The molecule has 0 aliphatic carbocycles. The molecule has 10 heteroatoms. The number of carbonyl (C=O) groups is 1. The summed E-state index contributed by atoms with van der Waals surface area (Å²) >= 11 is 7.40. The van der Waals surface area contributed by atoms with E-state index in [-0.39, 0.29) is 10.8 Å². The quantitative estimate of drug-likeness (QED) is 0.480. The number of hydrogen-bond donors (Lipinski definition) is 1. The second-order valence-electron chi connectivity index (χ2n) is 6.21. The summed E-state index contributed by atoms with van der Waals surface area (Å²) in [6.07, 6.45) is 0. The third-order valence-electron chi connectivity index (χ3n) is 4.20. The lowest BCUT2D eigenvalue weighted by Gasteiger charge is -2.06. The highest BCUT2D eigenvalue weighted by Crippen LogP contribution is 2.36. The lowest BCUT2D eigenvalue weighted by molar-refractivity contribution is 0.102. The van der Waals surface area contributed by atoms with E-state index in [1.165, 1.54) is 19.2 Å². The molecular formula is C20H12ClF2N3O3S. The van der Waals surface area contributed by atoms with Gasteiger partial charge in [0.05, 0.1) is 4.88 Å². The predicted molar refractivity (Wildman–Crippen MR) is 110 cm³/mol. The van der Waals surface area contributed by atoms with Gasteiger partial charge in [0, 0.05) is 28.1 Å². The molecule has 0 spiro atoms. The number of aromatic nitrogens is 2. The number of anilines is 1. The van der Waals surface area contributed by atoms with Crippen molar-refractivity contribution >= 4 is 34.5 Å². The van der Waals surface area contributed by atoms with Crippen molar-refractivity contribution in [3.05, 3.63) is 80.6 Å². The third-order valence-corrected chi connectivity index (χ3v) is 5.65. The molecule has 2 aromatic carbocycles. The number of amides is 1. The molecule has 2 aromatic heterocycles. The van der Waals surface area contributed by atoms with Crippen LogP contribution in [0.3, 0.4) is 0 Å². The standard InChI is InChI=1S/C20H12ClF2N3O3S/c1-26-20(28)29-19(25-26)10-5-6-12(21)11(9-10)15-7-8-16(30-15)18(27)24-17-13(22)3-2-4-14(17)23/h2-9H,1H3,(H,24,27). The van der Waals surface area contributed by atoms with Crippen LogP contribution >= 0.6 is 22.9 Å². The fraction of sp³-hybridized carbons (Fsp3) is 0.0500. The summed E-state index contributed by atoms with van der Waals surface area (Å²) in [5.41, 5.74) is 0.603. The first kappa shape index (κ1) is 20.0. The summed E-state index contributed by atoms with van der Waals surface area (Å²) in [4.78, 5) is 24.8. The Morgan fingerprint density at radius 3 is 2.57 bits per heavy atom. The van der Waals surface area contributed by atoms with Crippen molar-refractivity contribution in [1.82, 2.24) is 9.78 Å². The van der Waals surface area contributed by atoms with E-state index in [1.54, 1.807) is 24.3 Å². The summed E-state index contributed by atoms with van der Waals surface area (Å²) in [6.45, 7) is 0. The highest BCUT2D eigenvalue weighted by atomic mass is 35.5. The zero-order chi connectivity index (χ0) is 21.4. The Hall–Kier alpha value is -3.30. The summed E-state index contributed by atoms with van der Waals surface area (Å²) in [5, 5.41) is 6.66. The predicted octanol–water partition coefficient (Wildman–Crippen LogP) is 4.95. The fourth-order valence-electron chi connectivity index (χ4n) is 2.71. The van der Waals surface area contributed by atoms with E-state index in [1.807, 2.05) is 0 Å². The maximum absolute atomic E-state index is 13.8. The third kappa shape index (κ3) is 3.77. The van der Waals surface area contributed by atoms with Crippen LogP contribution in [0, 0.1) is 11.6 Å². The fourth-order valence-corrected chi connectivity index (χ4v) is 3.91. The van der Waals surface area contributed by atoms with Gasteiger partial charge in [0.1, 0.15) is 17.3 Å². The van der Waals surface area contributed by atoms with Crippen molar-refractivity contribution in [3.8, 4) is 21.9 Å². The normalized spacial score (nSPS) is 10.9. The average molecular weight is 448 g/mol. The Labute approximate surface area is 177 Å². The molecule has 1 N–H and O–H groups in total. The second-order valence-corrected chi connectivity index (χ2v) is 7.70. The molecule has 0 aliphatic rings. The van der Waals surface area contributed by atoms with Gasteiger partial charge in [-0.3, -0.25) is 4.79 Å². The van der Waals surface area contributed by atoms with Crippen molar-refractivity contribution in [1.29, 1.82) is 0 Å². The molecular weight excluding hydrogens is 436 g/mol. The molecule has 4 aromatic rings. The van der Waals surface area contributed by atoms with Crippen molar-refractivity contribution in [2.45, 2.75) is 0 Å². The molecule has 0 aliphatic heterocycles. The second kappa shape index (κ2) is 7.85. The molecule has 30 heavy (non-hydrogen) atoms. The van der Waals surface area contributed by atoms with Gasteiger partial charge in [-0.25, -0.2) is 13.6 Å². The number of benzene rings is 2. The van der Waals surface area contributed by atoms with E-state index in [4.69, 9.17) is 16.0 Å². The van der Waals surface area contributed by atoms with E-state index < -0.39 is 29.0 Å². The van der Waals surface area contributed by atoms with E-state index in [9.17, 15) is 18.4 Å². The number of thiophene rings is 1. The summed E-state index contributed by atoms with van der Waals surface area (Å²) in [6, 6.07) is 11.5. The summed E-state index contributed by atoms with van der Waals surface area (Å²) in [7, 11) is 1.47. The molecule has 0 fully saturated rings. The lowest BCUT2D eigenvalue weighted by atomic mass is 10.1. The first-order valence-electron chi connectivity index (χ1n) is 8.53. The van der Waals surface area contributed by atoms with Crippen molar-refractivity contribution in [2.24, 2.45) is 7.05 Å². The van der Waals surface area contributed by atoms with Crippen molar-refractivity contribution in [3.63, 3.8) is 0 Å². The smallest absolute Gasteiger partial charge is 0.388 e. The van der Waals surface area contributed by atoms with E-state index in [2.05, 4.69) is 10.4 Å². The Balaban J connectivity index is 1.64. The van der Waals surface area contributed by atoms with Crippen LogP contribution in [-0.2, 0) is 7.05 Å². The molecule has 0 atom stereocenters. The molecule has 4 rings (SSSR count). The van der Waals surface area contributed by atoms with Gasteiger partial charge in [-0.1, -0.05) is 17.7 Å². The summed E-state index contributed by atoms with van der Waals surface area (Å²) < 4.78 is 33.7. The Bertz CT molecular complexity index is 1310. The number of hydrogen-bond acceptors (Lipinski definition) is 5. The van der Waals surface area contributed by atoms with Crippen LogP contribution in [-0.4, -0.2) is 15.7 Å². The number of nitrogens with one attached hydrogen (secondary N) is 1. The molecule has 0 saturated heterocycles. The van der Waals surface area contributed by atoms with Crippen LogP contribution in [0.25, 0.3) is 21.9 Å². The van der Waals surface area contributed by atoms with Crippen molar-refractivity contribution < 1.29 is 18.0 Å². The van der Waals surface area contributed by atoms with Gasteiger partial charge in [-0.15, -0.1) is 16.4 Å². The minimum Gasteiger partial charge on any atom is -0.388 e. The number of nitrogens with zero attached hydrogens (tertiary/aromatic N) is 2. The number of rotatable bonds is 4. The van der Waals surface area contributed by atoms with Gasteiger partial charge in [0.15, 0.2) is 0 Å². The maximum atomic E-state index is 13.8. The van der Waals surface area contributed by atoms with Crippen LogP contribution < -0.4 is 11.1 Å². The number of halogens is 3. The Morgan fingerprint density at radius 1 is 1.17 bits per heavy atom. The van der Waals surface area contributed by atoms with Gasteiger partial charge >= 0.3 is 5.76 Å². The van der Waals surface area contributed by atoms with E-state index in [0.29, 0.717) is 21.0 Å². The van der Waals surface area contributed by atoms with Gasteiger partial charge in [-0.2, -0.15) is 4.68 Å². The van der Waals surface area contributed by atoms with Gasteiger partial charge in [0.25, 0.3) is 5.91 Å². The molecule has 0 saturated carbocycles. The van der Waals surface area contributed by atoms with Crippen LogP contribution in [0.15, 0.2) is 57.7 Å². The van der Waals surface area contributed by atoms with Gasteiger partial charge in [-0.05, 0) is 42.5 Å².